The van der Waals surface area contributed by atoms with Crippen molar-refractivity contribution in [2.45, 2.75) is 44.9 Å². The highest BCUT2D eigenvalue weighted by Gasteiger charge is 2.38. The summed E-state index contributed by atoms with van der Waals surface area (Å²) in [5, 5.41) is 22.2. The average Bonchev–Trinajstić information content (AvgIpc) is 3.33. The minimum atomic E-state index is -5.08. The van der Waals surface area contributed by atoms with Crippen LogP contribution in [-0.2, 0) is 24.8 Å². The van der Waals surface area contributed by atoms with Crippen LogP contribution >= 0.6 is 0 Å². The Bertz CT molecular complexity index is 856. The van der Waals surface area contributed by atoms with Crippen molar-refractivity contribution in [3.63, 3.8) is 0 Å². The van der Waals surface area contributed by atoms with Crippen LogP contribution in [-0.4, -0.2) is 55.8 Å². The molecule has 3 heterocycles. The van der Waals surface area contributed by atoms with Crippen molar-refractivity contribution < 1.29 is 27.9 Å². The van der Waals surface area contributed by atoms with Gasteiger partial charge in [0.05, 0.1) is 23.5 Å². The summed E-state index contributed by atoms with van der Waals surface area (Å²) in [4.78, 5) is 21.2. The number of rotatable bonds is 5. The zero-order valence-corrected chi connectivity index (χ0v) is 16.7. The Labute approximate surface area is 171 Å². The van der Waals surface area contributed by atoms with E-state index in [0.29, 0.717) is 18.2 Å². The number of halogens is 3. The lowest BCUT2D eigenvalue weighted by Gasteiger charge is -2.22. The van der Waals surface area contributed by atoms with Crippen LogP contribution in [0.4, 0.5) is 13.2 Å². The van der Waals surface area contributed by atoms with E-state index < -0.39 is 12.1 Å². The van der Waals surface area contributed by atoms with E-state index >= 15 is 0 Å². The Morgan fingerprint density at radius 3 is 2.63 bits per heavy atom. The molecular weight excluding hydrogens is 405 g/mol. The second kappa shape index (κ2) is 10.2. The van der Waals surface area contributed by atoms with Crippen LogP contribution in [0.1, 0.15) is 47.4 Å². The van der Waals surface area contributed by atoms with Crippen molar-refractivity contribution in [3.8, 4) is 0 Å². The van der Waals surface area contributed by atoms with Gasteiger partial charge in [0.25, 0.3) is 5.91 Å². The first kappa shape index (κ1) is 23.4. The first-order valence-corrected chi connectivity index (χ1v) is 9.46. The fraction of sp³-hybridized carbons (Fsp3) is 0.556. The highest BCUT2D eigenvalue weighted by atomic mass is 19.4. The second-order valence-corrected chi connectivity index (χ2v) is 6.82. The fourth-order valence-electron chi connectivity index (χ4n) is 3.02. The number of carboxylic acid groups (broad SMARTS) is 1. The second-order valence-electron chi connectivity index (χ2n) is 6.82. The lowest BCUT2D eigenvalue weighted by Crippen LogP contribution is -2.31. The molecule has 2 aromatic rings. The molecule has 166 valence electrons. The third kappa shape index (κ3) is 6.58. The number of carboxylic acids is 1. The largest absolute Gasteiger partial charge is 0.490 e. The van der Waals surface area contributed by atoms with Gasteiger partial charge in [-0.05, 0) is 25.8 Å². The van der Waals surface area contributed by atoms with E-state index in [2.05, 4.69) is 27.8 Å². The van der Waals surface area contributed by atoms with Crippen LogP contribution in [0, 0.1) is 0 Å². The first-order valence-electron chi connectivity index (χ1n) is 9.46. The zero-order chi connectivity index (χ0) is 22.3. The van der Waals surface area contributed by atoms with Crippen LogP contribution < -0.4 is 10.6 Å². The highest BCUT2D eigenvalue weighted by Crippen LogP contribution is 2.16. The quantitative estimate of drug-likeness (QED) is 0.665. The summed E-state index contributed by atoms with van der Waals surface area (Å²) in [6.45, 7) is 4.54. The van der Waals surface area contributed by atoms with Gasteiger partial charge in [-0.2, -0.15) is 23.4 Å². The normalized spacial score (nSPS) is 16.5. The molecule has 0 aromatic carbocycles. The van der Waals surface area contributed by atoms with E-state index in [1.54, 1.807) is 10.9 Å². The molecule has 3 rings (SSSR count). The van der Waals surface area contributed by atoms with Crippen LogP contribution in [0.15, 0.2) is 18.6 Å². The molecule has 0 radical (unpaired) electrons. The SMILES string of the molecule is CCc1nn(C)cc1CNC(=O)c1cnn(C2CCCNC2)c1.O=C(O)C(F)(F)F. The highest BCUT2D eigenvalue weighted by molar-refractivity contribution is 5.93. The number of piperidine rings is 1. The van der Waals surface area contributed by atoms with Crippen molar-refractivity contribution in [1.29, 1.82) is 0 Å². The molecule has 0 bridgehead atoms. The third-order valence-corrected chi connectivity index (χ3v) is 4.52. The molecule has 9 nitrogen and oxygen atoms in total. The Morgan fingerprint density at radius 1 is 1.37 bits per heavy atom. The summed E-state index contributed by atoms with van der Waals surface area (Å²) in [5.74, 6) is -2.85. The number of carbonyl (C=O) groups excluding carboxylic acids is 1. The molecule has 1 saturated heterocycles. The summed E-state index contributed by atoms with van der Waals surface area (Å²) in [7, 11) is 1.90. The summed E-state index contributed by atoms with van der Waals surface area (Å²) in [6.07, 6.45) is 3.47. The number of carbonyl (C=O) groups is 2. The summed E-state index contributed by atoms with van der Waals surface area (Å²) < 4.78 is 35.4. The molecule has 1 amide bonds. The number of nitrogens with zero attached hydrogens (tertiary/aromatic N) is 4. The van der Waals surface area contributed by atoms with Gasteiger partial charge in [-0.15, -0.1) is 0 Å². The smallest absolute Gasteiger partial charge is 0.475 e. The van der Waals surface area contributed by atoms with Crippen LogP contribution in [0.25, 0.3) is 0 Å². The lowest BCUT2D eigenvalue weighted by molar-refractivity contribution is -0.192. The zero-order valence-electron chi connectivity index (χ0n) is 16.7. The Balaban J connectivity index is 0.000000396. The maximum Gasteiger partial charge on any atom is 0.490 e. The molecule has 0 aliphatic carbocycles. The number of aromatic nitrogens is 4. The monoisotopic (exact) mass is 430 g/mol. The number of hydrogen-bond acceptors (Lipinski definition) is 5. The number of alkyl halides is 3. The Hall–Kier alpha value is -2.89. The molecule has 1 fully saturated rings. The molecule has 12 heteroatoms. The maximum atomic E-state index is 12.3. The summed E-state index contributed by atoms with van der Waals surface area (Å²) in [5.41, 5.74) is 2.70. The molecule has 3 N–H and O–H groups in total. The van der Waals surface area contributed by atoms with Gasteiger partial charge < -0.3 is 15.7 Å². The van der Waals surface area contributed by atoms with E-state index in [-0.39, 0.29) is 5.91 Å². The van der Waals surface area contributed by atoms with Gasteiger partial charge in [0.2, 0.25) is 0 Å². The molecule has 2 aromatic heterocycles. The summed E-state index contributed by atoms with van der Waals surface area (Å²) >= 11 is 0. The molecule has 0 spiro atoms. The maximum absolute atomic E-state index is 12.3. The van der Waals surface area contributed by atoms with Gasteiger partial charge >= 0.3 is 12.1 Å². The molecular formula is C18H25F3N6O3. The van der Waals surface area contributed by atoms with E-state index in [1.807, 2.05) is 24.1 Å². The predicted molar refractivity (Wildman–Crippen MR) is 101 cm³/mol. The molecule has 1 aliphatic heterocycles. The standard InChI is InChI=1S/C16H24N6O.C2HF3O2/c1-3-15-12(10-21(2)20-15)7-18-16(23)13-8-19-22(11-13)14-5-4-6-17-9-14;3-2(4,5)1(6)7/h8,10-11,14,17H,3-7,9H2,1-2H3,(H,18,23);(H,6,7). The van der Waals surface area contributed by atoms with Gasteiger partial charge in [-0.25, -0.2) is 4.79 Å². The van der Waals surface area contributed by atoms with E-state index in [9.17, 15) is 18.0 Å². The van der Waals surface area contributed by atoms with Crippen molar-refractivity contribution in [2.24, 2.45) is 7.05 Å². The Kier molecular flexibility index (Phi) is 7.98. The van der Waals surface area contributed by atoms with E-state index in [4.69, 9.17) is 9.90 Å². The van der Waals surface area contributed by atoms with Crippen LogP contribution in [0.3, 0.4) is 0 Å². The van der Waals surface area contributed by atoms with E-state index in [1.165, 1.54) is 0 Å². The number of aliphatic carboxylic acids is 1. The van der Waals surface area contributed by atoms with Crippen molar-refractivity contribution in [3.05, 3.63) is 35.4 Å². The van der Waals surface area contributed by atoms with Gasteiger partial charge in [0, 0.05) is 38.1 Å². The topological polar surface area (TPSA) is 114 Å². The predicted octanol–water partition coefficient (Wildman–Crippen LogP) is 1.67. The first-order chi connectivity index (χ1) is 14.1. The van der Waals surface area contributed by atoms with Gasteiger partial charge in [0.1, 0.15) is 0 Å². The molecule has 1 aliphatic rings. The van der Waals surface area contributed by atoms with Gasteiger partial charge in [-0.1, -0.05) is 6.92 Å². The van der Waals surface area contributed by atoms with Crippen molar-refractivity contribution >= 4 is 11.9 Å². The van der Waals surface area contributed by atoms with E-state index in [0.717, 1.165) is 43.6 Å². The minimum Gasteiger partial charge on any atom is -0.475 e. The molecule has 1 atom stereocenters. The number of amides is 1. The molecule has 1 unspecified atom stereocenters. The van der Waals surface area contributed by atoms with Gasteiger partial charge in [0.15, 0.2) is 0 Å². The van der Waals surface area contributed by atoms with Crippen molar-refractivity contribution in [1.82, 2.24) is 30.2 Å². The Morgan fingerprint density at radius 2 is 2.07 bits per heavy atom. The van der Waals surface area contributed by atoms with Crippen molar-refractivity contribution in [2.75, 3.05) is 13.1 Å². The van der Waals surface area contributed by atoms with Gasteiger partial charge in [-0.3, -0.25) is 14.2 Å². The lowest BCUT2D eigenvalue weighted by atomic mass is 10.1. The number of aryl methyl sites for hydroxylation is 2. The molecule has 30 heavy (non-hydrogen) atoms. The minimum absolute atomic E-state index is 0.0917. The third-order valence-electron chi connectivity index (χ3n) is 4.52. The van der Waals surface area contributed by atoms with Crippen LogP contribution in [0.2, 0.25) is 0 Å². The summed E-state index contributed by atoms with van der Waals surface area (Å²) in [6, 6.07) is 0.343. The number of nitrogens with one attached hydrogen (secondary N) is 2. The average molecular weight is 430 g/mol. The molecule has 0 saturated carbocycles. The van der Waals surface area contributed by atoms with Crippen LogP contribution in [0.5, 0.6) is 0 Å². The number of hydrogen-bond donors (Lipinski definition) is 3. The fourth-order valence-corrected chi connectivity index (χ4v) is 3.02.